The van der Waals surface area contributed by atoms with Gasteiger partial charge in [-0.3, -0.25) is 4.72 Å². The zero-order chi connectivity index (χ0) is 17.9. The molecule has 0 aliphatic rings. The Labute approximate surface area is 143 Å². The maximum atomic E-state index is 11.3. The number of hydrogen-bond donors (Lipinski definition) is 3. The zero-order valence-electron chi connectivity index (χ0n) is 14.7. The van der Waals surface area contributed by atoms with E-state index >= 15 is 0 Å². The summed E-state index contributed by atoms with van der Waals surface area (Å²) in [4.78, 5) is 7.59. The van der Waals surface area contributed by atoms with E-state index < -0.39 is 16.1 Å². The molecule has 1 aromatic carbocycles. The third kappa shape index (κ3) is 4.95. The molecule has 0 aliphatic carbocycles. The van der Waals surface area contributed by atoms with Gasteiger partial charge in [0.2, 0.25) is 10.0 Å². The number of H-pyrrole nitrogens is 1. The van der Waals surface area contributed by atoms with Crippen LogP contribution < -0.4 is 4.72 Å². The first-order chi connectivity index (χ1) is 11.2. The van der Waals surface area contributed by atoms with E-state index in [2.05, 4.69) is 35.5 Å². The van der Waals surface area contributed by atoms with Gasteiger partial charge in [0.25, 0.3) is 0 Å². The number of aromatic amines is 1. The summed E-state index contributed by atoms with van der Waals surface area (Å²) in [6.07, 6.45) is 3.37. The largest absolute Gasteiger partial charge is 0.385 e. The fraction of sp³-hybridized carbons (Fsp3) is 0.588. The van der Waals surface area contributed by atoms with Gasteiger partial charge in [-0.05, 0) is 36.5 Å². The molecule has 134 valence electrons. The molecular formula is C17H27N3O3S. The minimum atomic E-state index is -3.32. The van der Waals surface area contributed by atoms with Crippen LogP contribution in [-0.2, 0) is 10.0 Å². The maximum absolute atomic E-state index is 11.3. The molecule has 24 heavy (non-hydrogen) atoms. The Morgan fingerprint density at radius 2 is 2.00 bits per heavy atom. The SMILES string of the molecule is CCC(CCC(C)C)C(O)c1nc2ccc(NS(C)(=O)=O)cc2[nH]1. The van der Waals surface area contributed by atoms with Crippen LogP contribution in [-0.4, -0.2) is 29.7 Å². The smallest absolute Gasteiger partial charge is 0.229 e. The van der Waals surface area contributed by atoms with Crippen molar-refractivity contribution in [3.05, 3.63) is 24.0 Å². The highest BCUT2D eigenvalue weighted by Gasteiger charge is 2.22. The van der Waals surface area contributed by atoms with Crippen LogP contribution in [0, 0.1) is 11.8 Å². The van der Waals surface area contributed by atoms with E-state index in [1.54, 1.807) is 18.2 Å². The summed E-state index contributed by atoms with van der Waals surface area (Å²) in [5, 5.41) is 10.6. The van der Waals surface area contributed by atoms with Gasteiger partial charge < -0.3 is 10.1 Å². The van der Waals surface area contributed by atoms with E-state index in [-0.39, 0.29) is 5.92 Å². The van der Waals surface area contributed by atoms with Gasteiger partial charge in [0.05, 0.1) is 23.0 Å². The Morgan fingerprint density at radius 3 is 2.58 bits per heavy atom. The average Bonchev–Trinajstić information content (AvgIpc) is 2.88. The van der Waals surface area contributed by atoms with Crippen LogP contribution in [0.4, 0.5) is 5.69 Å². The number of sulfonamides is 1. The summed E-state index contributed by atoms with van der Waals surface area (Å²) in [5.41, 5.74) is 1.89. The highest BCUT2D eigenvalue weighted by atomic mass is 32.2. The van der Waals surface area contributed by atoms with Gasteiger partial charge in [-0.2, -0.15) is 0 Å². The number of nitrogens with zero attached hydrogens (tertiary/aromatic N) is 1. The molecule has 1 heterocycles. The number of hydrogen-bond acceptors (Lipinski definition) is 4. The minimum Gasteiger partial charge on any atom is -0.385 e. The number of aliphatic hydroxyl groups excluding tert-OH is 1. The standard InChI is InChI=1S/C17H27N3O3S/c1-5-12(7-6-11(2)3)16(21)17-18-14-9-8-13(10-15(14)19-17)20-24(4,22)23/h8-12,16,20-21H,5-7H2,1-4H3,(H,18,19). The first-order valence-electron chi connectivity index (χ1n) is 8.35. The molecule has 2 atom stereocenters. The lowest BCUT2D eigenvalue weighted by Gasteiger charge is -2.20. The molecule has 0 radical (unpaired) electrons. The van der Waals surface area contributed by atoms with Crippen LogP contribution in [0.2, 0.25) is 0 Å². The second-order valence-electron chi connectivity index (χ2n) is 6.81. The first kappa shape index (κ1) is 18.7. The van der Waals surface area contributed by atoms with Crippen LogP contribution in [0.3, 0.4) is 0 Å². The van der Waals surface area contributed by atoms with Crippen molar-refractivity contribution in [2.24, 2.45) is 11.8 Å². The summed E-state index contributed by atoms with van der Waals surface area (Å²) in [5.74, 6) is 1.30. The Morgan fingerprint density at radius 1 is 1.29 bits per heavy atom. The van der Waals surface area contributed by atoms with Gasteiger partial charge in [0.1, 0.15) is 11.9 Å². The summed E-state index contributed by atoms with van der Waals surface area (Å²) in [6.45, 7) is 6.43. The molecule has 2 aromatic rings. The van der Waals surface area contributed by atoms with Crippen molar-refractivity contribution in [1.82, 2.24) is 9.97 Å². The number of rotatable bonds is 8. The minimum absolute atomic E-state index is 0.154. The Balaban J connectivity index is 2.22. The molecule has 0 bridgehead atoms. The van der Waals surface area contributed by atoms with Crippen LogP contribution in [0.1, 0.15) is 52.0 Å². The Bertz CT molecular complexity index is 783. The second-order valence-corrected chi connectivity index (χ2v) is 8.56. The molecule has 7 heteroatoms. The topological polar surface area (TPSA) is 95.1 Å². The highest BCUT2D eigenvalue weighted by molar-refractivity contribution is 7.92. The van der Waals surface area contributed by atoms with Crippen LogP contribution in [0.25, 0.3) is 11.0 Å². The lowest BCUT2D eigenvalue weighted by atomic mass is 9.90. The molecule has 0 aliphatic heterocycles. The van der Waals surface area contributed by atoms with Crippen molar-refractivity contribution >= 4 is 26.7 Å². The molecule has 1 aromatic heterocycles. The zero-order valence-corrected chi connectivity index (χ0v) is 15.5. The van der Waals surface area contributed by atoms with Crippen molar-refractivity contribution in [2.75, 3.05) is 11.0 Å². The van der Waals surface area contributed by atoms with E-state index in [0.29, 0.717) is 28.5 Å². The predicted molar refractivity (Wildman–Crippen MR) is 97.4 cm³/mol. The summed E-state index contributed by atoms with van der Waals surface area (Å²) in [7, 11) is -3.32. The molecule has 0 saturated carbocycles. The number of anilines is 1. The first-order valence-corrected chi connectivity index (χ1v) is 10.2. The fourth-order valence-electron chi connectivity index (χ4n) is 2.80. The number of imidazole rings is 1. The predicted octanol–water partition coefficient (Wildman–Crippen LogP) is 3.43. The van der Waals surface area contributed by atoms with Crippen molar-refractivity contribution < 1.29 is 13.5 Å². The molecule has 0 spiro atoms. The number of benzene rings is 1. The van der Waals surface area contributed by atoms with Crippen LogP contribution in [0.5, 0.6) is 0 Å². The Hall–Kier alpha value is -1.60. The van der Waals surface area contributed by atoms with Crippen molar-refractivity contribution in [2.45, 2.75) is 46.1 Å². The van der Waals surface area contributed by atoms with Gasteiger partial charge in [0.15, 0.2) is 0 Å². The highest BCUT2D eigenvalue weighted by Crippen LogP contribution is 2.30. The van der Waals surface area contributed by atoms with E-state index in [9.17, 15) is 13.5 Å². The van der Waals surface area contributed by atoms with Crippen LogP contribution >= 0.6 is 0 Å². The average molecular weight is 353 g/mol. The second kappa shape index (κ2) is 7.53. The molecule has 0 saturated heterocycles. The molecule has 2 unspecified atom stereocenters. The molecular weight excluding hydrogens is 326 g/mol. The van der Waals surface area contributed by atoms with E-state index in [4.69, 9.17) is 0 Å². The number of fused-ring (bicyclic) bond motifs is 1. The van der Waals surface area contributed by atoms with Gasteiger partial charge in [-0.1, -0.05) is 33.6 Å². The van der Waals surface area contributed by atoms with Gasteiger partial charge in [0, 0.05) is 0 Å². The number of aliphatic hydroxyl groups is 1. The molecule has 0 fully saturated rings. The fourth-order valence-corrected chi connectivity index (χ4v) is 3.36. The maximum Gasteiger partial charge on any atom is 0.229 e. The molecule has 3 N–H and O–H groups in total. The number of nitrogens with one attached hydrogen (secondary N) is 2. The van der Waals surface area contributed by atoms with Gasteiger partial charge in [-0.25, -0.2) is 13.4 Å². The molecule has 2 rings (SSSR count). The molecule has 6 nitrogen and oxygen atoms in total. The number of aromatic nitrogens is 2. The summed E-state index contributed by atoms with van der Waals surface area (Å²) >= 11 is 0. The third-order valence-electron chi connectivity index (χ3n) is 4.17. The monoisotopic (exact) mass is 353 g/mol. The Kier molecular flexibility index (Phi) is 5.87. The van der Waals surface area contributed by atoms with E-state index in [1.165, 1.54) is 0 Å². The normalized spacial score (nSPS) is 14.9. The lowest BCUT2D eigenvalue weighted by molar-refractivity contribution is 0.0897. The van der Waals surface area contributed by atoms with Crippen molar-refractivity contribution in [1.29, 1.82) is 0 Å². The third-order valence-corrected chi connectivity index (χ3v) is 4.78. The lowest BCUT2D eigenvalue weighted by Crippen LogP contribution is -2.14. The van der Waals surface area contributed by atoms with Crippen molar-refractivity contribution in [3.63, 3.8) is 0 Å². The van der Waals surface area contributed by atoms with Gasteiger partial charge in [-0.15, -0.1) is 0 Å². The van der Waals surface area contributed by atoms with Crippen LogP contribution in [0.15, 0.2) is 18.2 Å². The van der Waals surface area contributed by atoms with Crippen molar-refractivity contribution in [3.8, 4) is 0 Å². The quantitative estimate of drug-likeness (QED) is 0.677. The molecule has 0 amide bonds. The summed E-state index contributed by atoms with van der Waals surface area (Å²) < 4.78 is 25.1. The summed E-state index contributed by atoms with van der Waals surface area (Å²) in [6, 6.07) is 5.09. The van der Waals surface area contributed by atoms with E-state index in [0.717, 1.165) is 25.5 Å². The van der Waals surface area contributed by atoms with E-state index in [1.807, 2.05) is 0 Å². The van der Waals surface area contributed by atoms with Gasteiger partial charge >= 0.3 is 0 Å².